The summed E-state index contributed by atoms with van der Waals surface area (Å²) in [7, 11) is 0. The lowest BCUT2D eigenvalue weighted by molar-refractivity contribution is -0.124. The molecule has 1 unspecified atom stereocenters. The van der Waals surface area contributed by atoms with Gasteiger partial charge in [0.05, 0.1) is 22.1 Å². The fourth-order valence-electron chi connectivity index (χ4n) is 3.26. The van der Waals surface area contributed by atoms with E-state index in [0.29, 0.717) is 16.3 Å². The molecule has 0 aliphatic rings. The number of rotatable bonds is 6. The number of benzene rings is 2. The molecule has 148 valence electrons. The number of para-hydroxylation sites is 2. The van der Waals surface area contributed by atoms with Crippen LogP contribution in [0.3, 0.4) is 0 Å². The molecule has 0 saturated heterocycles. The second kappa shape index (κ2) is 8.09. The first-order chi connectivity index (χ1) is 14.0. The third-order valence-corrected chi connectivity index (χ3v) is 5.05. The van der Waals surface area contributed by atoms with E-state index < -0.39 is 0 Å². The molecule has 0 bridgehead atoms. The summed E-state index contributed by atoms with van der Waals surface area (Å²) in [5.41, 5.74) is 2.44. The van der Waals surface area contributed by atoms with E-state index in [0.717, 1.165) is 22.2 Å². The number of carbonyl (C=O) groups is 1. The number of aromatic amines is 1. The van der Waals surface area contributed by atoms with Crippen LogP contribution in [-0.4, -0.2) is 27.5 Å². The zero-order valence-electron chi connectivity index (χ0n) is 16.1. The fourth-order valence-corrected chi connectivity index (χ4v) is 3.47. The molecular formula is C22H21ClN4O2. The number of aromatic nitrogens is 3. The van der Waals surface area contributed by atoms with Gasteiger partial charge in [-0.3, -0.25) is 9.78 Å². The van der Waals surface area contributed by atoms with Crippen LogP contribution in [0.4, 0.5) is 0 Å². The van der Waals surface area contributed by atoms with Gasteiger partial charge in [0.1, 0.15) is 17.1 Å². The molecule has 7 heteroatoms. The Morgan fingerprint density at radius 1 is 1.17 bits per heavy atom. The number of hydrogen-bond donors (Lipinski definition) is 2. The fraction of sp³-hybridized carbons (Fsp3) is 0.227. The Morgan fingerprint density at radius 2 is 2.00 bits per heavy atom. The number of ether oxygens (including phenoxy) is 1. The molecule has 0 aliphatic heterocycles. The van der Waals surface area contributed by atoms with Crippen LogP contribution >= 0.6 is 11.6 Å². The van der Waals surface area contributed by atoms with Crippen molar-refractivity contribution < 1.29 is 9.53 Å². The molecule has 0 fully saturated rings. The van der Waals surface area contributed by atoms with Crippen LogP contribution < -0.4 is 10.1 Å². The molecule has 1 amide bonds. The molecule has 2 aromatic carbocycles. The Bertz CT molecular complexity index is 1140. The van der Waals surface area contributed by atoms with E-state index in [9.17, 15) is 4.79 Å². The molecule has 6 nitrogen and oxygen atoms in total. The average molecular weight is 409 g/mol. The van der Waals surface area contributed by atoms with Crippen LogP contribution in [0.5, 0.6) is 5.75 Å². The third-order valence-electron chi connectivity index (χ3n) is 4.72. The Hall–Kier alpha value is -3.12. The van der Waals surface area contributed by atoms with Crippen molar-refractivity contribution in [2.75, 3.05) is 6.61 Å². The first kappa shape index (κ1) is 19.2. The molecule has 0 radical (unpaired) electrons. The topological polar surface area (TPSA) is 79.9 Å². The van der Waals surface area contributed by atoms with Gasteiger partial charge in [-0.15, -0.1) is 0 Å². The zero-order valence-corrected chi connectivity index (χ0v) is 16.9. The van der Waals surface area contributed by atoms with E-state index >= 15 is 0 Å². The van der Waals surface area contributed by atoms with Crippen molar-refractivity contribution >= 4 is 39.4 Å². The Kier molecular flexibility index (Phi) is 5.36. The quantitative estimate of drug-likeness (QED) is 0.486. The van der Waals surface area contributed by atoms with Crippen LogP contribution in [0.25, 0.3) is 21.9 Å². The van der Waals surface area contributed by atoms with Crippen LogP contribution in [0.2, 0.25) is 5.02 Å². The van der Waals surface area contributed by atoms with Crippen LogP contribution in [-0.2, 0) is 4.79 Å². The second-order valence-electron chi connectivity index (χ2n) is 7.16. The second-order valence-corrected chi connectivity index (χ2v) is 7.57. The maximum absolute atomic E-state index is 12.6. The lowest BCUT2D eigenvalue weighted by atomic mass is 10.0. The van der Waals surface area contributed by atoms with E-state index in [4.69, 9.17) is 16.3 Å². The standard InChI is InChI=1S/C22H21ClN4O2/c1-13(2)20(22-25-16-7-3-4-8-17(16)26-22)27-19(28)12-29-18-10-9-15(23)14-6-5-11-24-21(14)18/h3-11,13,20H,12H2,1-2H3,(H,25,26)(H,27,28). The molecule has 2 N–H and O–H groups in total. The molecule has 2 aromatic heterocycles. The molecule has 2 heterocycles. The van der Waals surface area contributed by atoms with Gasteiger partial charge in [-0.1, -0.05) is 37.6 Å². The summed E-state index contributed by atoms with van der Waals surface area (Å²) in [5, 5.41) is 4.40. The predicted octanol–water partition coefficient (Wildman–Crippen LogP) is 4.66. The van der Waals surface area contributed by atoms with Crippen molar-refractivity contribution in [2.24, 2.45) is 5.92 Å². The van der Waals surface area contributed by atoms with Gasteiger partial charge in [-0.25, -0.2) is 4.98 Å². The van der Waals surface area contributed by atoms with Gasteiger partial charge >= 0.3 is 0 Å². The summed E-state index contributed by atoms with van der Waals surface area (Å²) in [5.74, 6) is 1.17. The lowest BCUT2D eigenvalue weighted by Gasteiger charge is -2.20. The van der Waals surface area contributed by atoms with Crippen molar-refractivity contribution in [3.05, 3.63) is 65.6 Å². The van der Waals surface area contributed by atoms with Crippen molar-refractivity contribution in [1.82, 2.24) is 20.3 Å². The maximum atomic E-state index is 12.6. The van der Waals surface area contributed by atoms with E-state index in [-0.39, 0.29) is 24.5 Å². The van der Waals surface area contributed by atoms with E-state index in [1.807, 2.05) is 50.2 Å². The maximum Gasteiger partial charge on any atom is 0.258 e. The van der Waals surface area contributed by atoms with Crippen molar-refractivity contribution in [3.8, 4) is 5.75 Å². The van der Waals surface area contributed by atoms with Gasteiger partial charge in [-0.2, -0.15) is 0 Å². The van der Waals surface area contributed by atoms with Gasteiger partial charge in [0.25, 0.3) is 5.91 Å². The predicted molar refractivity (Wildman–Crippen MR) is 114 cm³/mol. The molecule has 4 aromatic rings. The number of nitrogens with zero attached hydrogens (tertiary/aromatic N) is 2. The minimum Gasteiger partial charge on any atom is -0.481 e. The lowest BCUT2D eigenvalue weighted by Crippen LogP contribution is -2.35. The molecule has 0 spiro atoms. The molecule has 29 heavy (non-hydrogen) atoms. The number of fused-ring (bicyclic) bond motifs is 2. The Labute approximate surface area is 173 Å². The molecular weight excluding hydrogens is 388 g/mol. The van der Waals surface area contributed by atoms with Crippen LogP contribution in [0, 0.1) is 5.92 Å². The van der Waals surface area contributed by atoms with Gasteiger partial charge in [0, 0.05) is 11.6 Å². The molecule has 1 atom stereocenters. The summed E-state index contributed by atoms with van der Waals surface area (Å²) >= 11 is 6.21. The molecule has 0 aliphatic carbocycles. The van der Waals surface area contributed by atoms with Gasteiger partial charge in [-0.05, 0) is 42.3 Å². The summed E-state index contributed by atoms with van der Waals surface area (Å²) in [6.45, 7) is 3.95. The monoisotopic (exact) mass is 408 g/mol. The van der Waals surface area contributed by atoms with E-state index in [1.165, 1.54) is 0 Å². The first-order valence-corrected chi connectivity index (χ1v) is 9.81. The van der Waals surface area contributed by atoms with Gasteiger partial charge in [0.15, 0.2) is 6.61 Å². The van der Waals surface area contributed by atoms with Crippen molar-refractivity contribution in [2.45, 2.75) is 19.9 Å². The first-order valence-electron chi connectivity index (χ1n) is 9.43. The smallest absolute Gasteiger partial charge is 0.258 e. The minimum atomic E-state index is -0.251. The van der Waals surface area contributed by atoms with Gasteiger partial charge < -0.3 is 15.0 Å². The summed E-state index contributed by atoms with van der Waals surface area (Å²) < 4.78 is 5.75. The number of halogens is 1. The van der Waals surface area contributed by atoms with Crippen molar-refractivity contribution in [3.63, 3.8) is 0 Å². The molecule has 4 rings (SSSR count). The Balaban J connectivity index is 1.49. The SMILES string of the molecule is CC(C)C(NC(=O)COc1ccc(Cl)c2cccnc12)c1nc2ccccc2[nH]1. The summed E-state index contributed by atoms with van der Waals surface area (Å²) in [6, 6.07) is 14.7. The largest absolute Gasteiger partial charge is 0.481 e. The third kappa shape index (κ3) is 4.03. The highest BCUT2D eigenvalue weighted by molar-refractivity contribution is 6.35. The van der Waals surface area contributed by atoms with E-state index in [1.54, 1.807) is 18.3 Å². The zero-order chi connectivity index (χ0) is 20.4. The number of imidazole rings is 1. The highest BCUT2D eigenvalue weighted by Gasteiger charge is 2.22. The highest BCUT2D eigenvalue weighted by Crippen LogP contribution is 2.29. The van der Waals surface area contributed by atoms with E-state index in [2.05, 4.69) is 20.3 Å². The number of pyridine rings is 1. The molecule has 0 saturated carbocycles. The number of carbonyl (C=O) groups excluding carboxylic acids is 1. The number of H-pyrrole nitrogens is 1. The van der Waals surface area contributed by atoms with Crippen LogP contribution in [0.1, 0.15) is 25.7 Å². The number of hydrogen-bond acceptors (Lipinski definition) is 4. The Morgan fingerprint density at radius 3 is 2.79 bits per heavy atom. The van der Waals surface area contributed by atoms with Crippen molar-refractivity contribution in [1.29, 1.82) is 0 Å². The number of amides is 1. The van der Waals surface area contributed by atoms with Gasteiger partial charge in [0.2, 0.25) is 0 Å². The van der Waals surface area contributed by atoms with Crippen LogP contribution in [0.15, 0.2) is 54.7 Å². The normalized spacial score (nSPS) is 12.4. The summed E-state index contributed by atoms with van der Waals surface area (Å²) in [4.78, 5) is 24.8. The average Bonchev–Trinajstić information content (AvgIpc) is 3.15. The highest BCUT2D eigenvalue weighted by atomic mass is 35.5. The minimum absolute atomic E-state index is 0.128. The number of nitrogens with one attached hydrogen (secondary N) is 2. The summed E-state index contributed by atoms with van der Waals surface area (Å²) in [6.07, 6.45) is 1.67.